The number of carbonyl (C=O) groups excluding carboxylic acids is 1. The molecule has 0 amide bonds. The molecular formula is C14H16O. The zero-order valence-electron chi connectivity index (χ0n) is 9.50. The van der Waals surface area contributed by atoms with Gasteiger partial charge in [-0.25, -0.2) is 0 Å². The van der Waals surface area contributed by atoms with Crippen LogP contribution in [0.1, 0.15) is 31.4 Å². The largest absolute Gasteiger partial charge is 0.295 e. The van der Waals surface area contributed by atoms with Crippen LogP contribution in [0.15, 0.2) is 35.9 Å². The molecule has 0 heterocycles. The fourth-order valence-electron chi connectivity index (χ4n) is 2.19. The highest BCUT2D eigenvalue weighted by Crippen LogP contribution is 2.39. The molecule has 1 aliphatic rings. The Morgan fingerprint density at radius 2 is 1.73 bits per heavy atom. The lowest BCUT2D eigenvalue weighted by Gasteiger charge is -2.26. The Labute approximate surface area is 90.8 Å². The predicted octanol–water partition coefficient (Wildman–Crippen LogP) is 3.17. The summed E-state index contributed by atoms with van der Waals surface area (Å²) in [6.07, 6.45) is 2.39. The molecule has 0 unspecified atom stereocenters. The van der Waals surface area contributed by atoms with Gasteiger partial charge >= 0.3 is 0 Å². The summed E-state index contributed by atoms with van der Waals surface area (Å²) in [5.41, 5.74) is 3.60. The van der Waals surface area contributed by atoms with Crippen LogP contribution in [-0.4, -0.2) is 5.78 Å². The van der Waals surface area contributed by atoms with E-state index in [0.29, 0.717) is 6.42 Å². The van der Waals surface area contributed by atoms with Gasteiger partial charge in [-0.1, -0.05) is 42.3 Å². The van der Waals surface area contributed by atoms with E-state index < -0.39 is 0 Å². The molecule has 0 N–H and O–H groups in total. The van der Waals surface area contributed by atoms with Crippen LogP contribution in [0.5, 0.6) is 0 Å². The average Bonchev–Trinajstić information content (AvgIpc) is 2.42. The summed E-state index contributed by atoms with van der Waals surface area (Å²) in [6.45, 7) is 6.27. The lowest BCUT2D eigenvalue weighted by atomic mass is 9.77. The van der Waals surface area contributed by atoms with Crippen molar-refractivity contribution in [2.24, 2.45) is 0 Å². The van der Waals surface area contributed by atoms with Crippen LogP contribution < -0.4 is 0 Å². The quantitative estimate of drug-likeness (QED) is 0.680. The van der Waals surface area contributed by atoms with Gasteiger partial charge in [0.1, 0.15) is 0 Å². The van der Waals surface area contributed by atoms with E-state index >= 15 is 0 Å². The number of ketones is 1. The van der Waals surface area contributed by atoms with Crippen molar-refractivity contribution >= 4 is 5.78 Å². The maximum absolute atomic E-state index is 11.4. The van der Waals surface area contributed by atoms with Crippen LogP contribution in [0.4, 0.5) is 0 Å². The van der Waals surface area contributed by atoms with Gasteiger partial charge in [-0.3, -0.25) is 4.79 Å². The molecule has 0 bridgehead atoms. The van der Waals surface area contributed by atoms with Gasteiger partial charge in [-0.15, -0.1) is 0 Å². The second-order valence-electron chi connectivity index (χ2n) is 4.67. The van der Waals surface area contributed by atoms with E-state index in [4.69, 9.17) is 0 Å². The van der Waals surface area contributed by atoms with Gasteiger partial charge in [-0.2, -0.15) is 0 Å². The molecule has 0 saturated carbocycles. The molecule has 1 aromatic carbocycles. The van der Waals surface area contributed by atoms with Crippen LogP contribution >= 0.6 is 0 Å². The summed E-state index contributed by atoms with van der Waals surface area (Å²) in [7, 11) is 0. The van der Waals surface area contributed by atoms with Crippen molar-refractivity contribution in [2.45, 2.75) is 32.6 Å². The third-order valence-electron chi connectivity index (χ3n) is 3.46. The molecule has 1 atom stereocenters. The molecule has 0 fully saturated rings. The van der Waals surface area contributed by atoms with E-state index in [9.17, 15) is 4.79 Å². The van der Waals surface area contributed by atoms with Crippen molar-refractivity contribution in [1.82, 2.24) is 0 Å². The van der Waals surface area contributed by atoms with E-state index in [1.54, 1.807) is 6.08 Å². The number of benzene rings is 1. The second-order valence-corrected chi connectivity index (χ2v) is 4.67. The highest BCUT2D eigenvalue weighted by atomic mass is 16.1. The molecule has 1 aliphatic carbocycles. The monoisotopic (exact) mass is 200 g/mol. The summed E-state index contributed by atoms with van der Waals surface area (Å²) in [4.78, 5) is 11.4. The maximum Gasteiger partial charge on any atom is 0.156 e. The van der Waals surface area contributed by atoms with Gasteiger partial charge in [0.15, 0.2) is 5.78 Å². The molecule has 0 radical (unpaired) electrons. The average molecular weight is 200 g/mol. The topological polar surface area (TPSA) is 17.1 Å². The third-order valence-corrected chi connectivity index (χ3v) is 3.46. The Bertz CT molecular complexity index is 425. The third kappa shape index (κ3) is 1.63. The van der Waals surface area contributed by atoms with E-state index in [2.05, 4.69) is 38.1 Å². The molecule has 0 saturated heterocycles. The molecule has 0 aromatic heterocycles. The Hall–Kier alpha value is -1.37. The number of hydrogen-bond donors (Lipinski definition) is 0. The van der Waals surface area contributed by atoms with Crippen molar-refractivity contribution in [3.05, 3.63) is 47.0 Å². The summed E-state index contributed by atoms with van der Waals surface area (Å²) >= 11 is 0. The van der Waals surface area contributed by atoms with Crippen LogP contribution in [0.25, 0.3) is 0 Å². The van der Waals surface area contributed by atoms with E-state index in [0.717, 1.165) is 0 Å². The summed E-state index contributed by atoms with van der Waals surface area (Å²) in [5, 5.41) is 0. The molecule has 78 valence electrons. The first-order chi connectivity index (χ1) is 7.02. The molecular weight excluding hydrogens is 184 g/mol. The standard InChI is InChI=1S/C14H16O/c1-10-4-6-12(7-5-10)14(3)9-13(15)8-11(14)2/h4-8H,9H2,1-3H3/t14-/m1/s1. The van der Waals surface area contributed by atoms with Crippen molar-refractivity contribution in [3.8, 4) is 0 Å². The van der Waals surface area contributed by atoms with Gasteiger partial charge in [0.2, 0.25) is 0 Å². The Morgan fingerprint density at radius 1 is 1.13 bits per heavy atom. The lowest BCUT2D eigenvalue weighted by molar-refractivity contribution is -0.114. The fraction of sp³-hybridized carbons (Fsp3) is 0.357. The first-order valence-electron chi connectivity index (χ1n) is 5.31. The summed E-state index contributed by atoms with van der Waals surface area (Å²) < 4.78 is 0. The molecule has 2 rings (SSSR count). The SMILES string of the molecule is CC1=CC(=O)C[C@@]1(C)c1ccc(C)cc1. The zero-order chi connectivity index (χ0) is 11.1. The van der Waals surface area contributed by atoms with Gasteiger partial charge in [-0.05, 0) is 25.5 Å². The molecule has 0 aliphatic heterocycles. The Kier molecular flexibility index (Phi) is 2.26. The first kappa shape index (κ1) is 10.2. The molecule has 1 heteroatoms. The number of allylic oxidation sites excluding steroid dienone is 2. The zero-order valence-corrected chi connectivity index (χ0v) is 9.50. The minimum absolute atomic E-state index is 0.0786. The van der Waals surface area contributed by atoms with Crippen molar-refractivity contribution in [3.63, 3.8) is 0 Å². The smallest absolute Gasteiger partial charge is 0.156 e. The van der Waals surface area contributed by atoms with Crippen LogP contribution in [-0.2, 0) is 10.2 Å². The predicted molar refractivity (Wildman–Crippen MR) is 61.9 cm³/mol. The van der Waals surface area contributed by atoms with E-state index in [-0.39, 0.29) is 11.2 Å². The number of rotatable bonds is 1. The summed E-state index contributed by atoms with van der Waals surface area (Å²) in [5.74, 6) is 0.246. The molecule has 15 heavy (non-hydrogen) atoms. The van der Waals surface area contributed by atoms with Crippen LogP contribution in [0, 0.1) is 6.92 Å². The molecule has 0 spiro atoms. The number of aryl methyl sites for hydroxylation is 1. The van der Waals surface area contributed by atoms with Gasteiger partial charge in [0.25, 0.3) is 0 Å². The molecule has 1 aromatic rings. The minimum Gasteiger partial charge on any atom is -0.295 e. The van der Waals surface area contributed by atoms with Gasteiger partial charge in [0, 0.05) is 11.8 Å². The van der Waals surface area contributed by atoms with Crippen molar-refractivity contribution in [1.29, 1.82) is 0 Å². The lowest BCUT2D eigenvalue weighted by Crippen LogP contribution is -2.21. The Balaban J connectivity index is 2.43. The Morgan fingerprint density at radius 3 is 2.20 bits per heavy atom. The highest BCUT2D eigenvalue weighted by molar-refractivity contribution is 5.95. The molecule has 1 nitrogen and oxygen atoms in total. The maximum atomic E-state index is 11.4. The normalized spacial score (nSPS) is 25.5. The first-order valence-corrected chi connectivity index (χ1v) is 5.31. The van der Waals surface area contributed by atoms with E-state index in [1.807, 2.05) is 6.92 Å². The van der Waals surface area contributed by atoms with Crippen molar-refractivity contribution < 1.29 is 4.79 Å². The number of hydrogen-bond acceptors (Lipinski definition) is 1. The highest BCUT2D eigenvalue weighted by Gasteiger charge is 2.35. The fourth-order valence-corrected chi connectivity index (χ4v) is 2.19. The van der Waals surface area contributed by atoms with Crippen LogP contribution in [0.3, 0.4) is 0 Å². The van der Waals surface area contributed by atoms with Gasteiger partial charge < -0.3 is 0 Å². The second kappa shape index (κ2) is 3.34. The van der Waals surface area contributed by atoms with Crippen LogP contribution in [0.2, 0.25) is 0 Å². The van der Waals surface area contributed by atoms with E-state index in [1.165, 1.54) is 16.7 Å². The van der Waals surface area contributed by atoms with Gasteiger partial charge in [0.05, 0.1) is 0 Å². The number of carbonyl (C=O) groups is 1. The van der Waals surface area contributed by atoms with Crippen molar-refractivity contribution in [2.75, 3.05) is 0 Å². The minimum atomic E-state index is -0.0786. The summed E-state index contributed by atoms with van der Waals surface area (Å²) in [6, 6.07) is 8.48.